The Balaban J connectivity index is 1.84. The van der Waals surface area contributed by atoms with Crippen LogP contribution in [-0.4, -0.2) is 11.7 Å². The van der Waals surface area contributed by atoms with Crippen molar-refractivity contribution in [2.75, 3.05) is 5.75 Å². The molecular weight excluding hydrogens is 361 g/mol. The molecule has 2 nitrogen and oxygen atoms in total. The van der Waals surface area contributed by atoms with E-state index in [9.17, 15) is 4.79 Å². The van der Waals surface area contributed by atoms with Crippen molar-refractivity contribution in [1.29, 1.82) is 0 Å². The van der Waals surface area contributed by atoms with Gasteiger partial charge in [-0.1, -0.05) is 53.0 Å². The van der Waals surface area contributed by atoms with Crippen LogP contribution < -0.4 is 5.32 Å². The molecule has 0 aromatic heterocycles. The molecule has 0 aliphatic rings. The Bertz CT molecular complexity index is 733. The molecule has 0 saturated carbocycles. The molecule has 0 unspecified atom stereocenters. The van der Waals surface area contributed by atoms with Crippen LogP contribution >= 0.6 is 35.0 Å². The maximum atomic E-state index is 12.2. The second kappa shape index (κ2) is 8.80. The number of hydrogen-bond donors (Lipinski definition) is 1. The van der Waals surface area contributed by atoms with Crippen molar-refractivity contribution in [2.45, 2.75) is 32.6 Å². The van der Waals surface area contributed by atoms with Crippen molar-refractivity contribution in [2.24, 2.45) is 0 Å². The molecule has 0 saturated heterocycles. The lowest BCUT2D eigenvalue weighted by Crippen LogP contribution is -2.28. The number of carbonyl (C=O) groups excluding carboxylic acids is 1. The number of benzene rings is 2. The molecule has 0 aliphatic carbocycles. The summed E-state index contributed by atoms with van der Waals surface area (Å²) >= 11 is 13.5. The van der Waals surface area contributed by atoms with Crippen molar-refractivity contribution < 1.29 is 4.79 Å². The van der Waals surface area contributed by atoms with Crippen LogP contribution in [0.3, 0.4) is 0 Å². The molecule has 5 heteroatoms. The van der Waals surface area contributed by atoms with Gasteiger partial charge >= 0.3 is 0 Å². The molecular formula is C19H21Cl2NOS. The Morgan fingerprint density at radius 1 is 1.12 bits per heavy atom. The van der Waals surface area contributed by atoms with Gasteiger partial charge in [0.2, 0.25) is 5.91 Å². The number of nitrogens with one attached hydrogen (secondary N) is 1. The van der Waals surface area contributed by atoms with Crippen LogP contribution in [0.15, 0.2) is 36.4 Å². The van der Waals surface area contributed by atoms with Crippen LogP contribution in [0.25, 0.3) is 0 Å². The zero-order chi connectivity index (χ0) is 17.7. The van der Waals surface area contributed by atoms with Crippen molar-refractivity contribution in [3.05, 3.63) is 68.7 Å². The standard InChI is InChI=1S/C19H21Cl2NOS/c1-12-4-5-13(2)16(8-12)14(3)22-19(23)11-24-10-15-6-7-17(20)18(21)9-15/h4-9,14H,10-11H2,1-3H3,(H,22,23)/t14-/m1/s1. The highest BCUT2D eigenvalue weighted by molar-refractivity contribution is 7.99. The first-order chi connectivity index (χ1) is 11.4. The first kappa shape index (κ1) is 19.2. The van der Waals surface area contributed by atoms with E-state index in [4.69, 9.17) is 23.2 Å². The fraction of sp³-hybridized carbons (Fsp3) is 0.316. The molecule has 24 heavy (non-hydrogen) atoms. The molecule has 128 valence electrons. The average Bonchev–Trinajstić information content (AvgIpc) is 2.53. The van der Waals surface area contributed by atoms with Crippen LogP contribution in [0.4, 0.5) is 0 Å². The highest BCUT2D eigenvalue weighted by Gasteiger charge is 2.12. The highest BCUT2D eigenvalue weighted by atomic mass is 35.5. The third kappa shape index (κ3) is 5.44. The summed E-state index contributed by atoms with van der Waals surface area (Å²) in [5.74, 6) is 1.17. The largest absolute Gasteiger partial charge is 0.349 e. The predicted octanol–water partition coefficient (Wildman–Crippen LogP) is 5.72. The molecule has 0 fully saturated rings. The second-order valence-electron chi connectivity index (χ2n) is 5.89. The van der Waals surface area contributed by atoms with E-state index in [1.54, 1.807) is 17.8 Å². The van der Waals surface area contributed by atoms with Crippen molar-refractivity contribution in [3.8, 4) is 0 Å². The van der Waals surface area contributed by atoms with Gasteiger partial charge in [-0.2, -0.15) is 0 Å². The Labute approximate surface area is 157 Å². The predicted molar refractivity (Wildman–Crippen MR) is 105 cm³/mol. The van der Waals surface area contributed by atoms with Gasteiger partial charge in [0.25, 0.3) is 0 Å². The van der Waals surface area contributed by atoms with Crippen molar-refractivity contribution in [1.82, 2.24) is 5.32 Å². The van der Waals surface area contributed by atoms with E-state index in [0.29, 0.717) is 15.8 Å². The summed E-state index contributed by atoms with van der Waals surface area (Å²) in [5.41, 5.74) is 4.62. The zero-order valence-corrected chi connectivity index (χ0v) is 16.4. The van der Waals surface area contributed by atoms with Gasteiger partial charge in [-0.3, -0.25) is 4.79 Å². The molecule has 0 bridgehead atoms. The van der Waals surface area contributed by atoms with Crippen LogP contribution in [0.5, 0.6) is 0 Å². The van der Waals surface area contributed by atoms with Gasteiger partial charge < -0.3 is 5.32 Å². The van der Waals surface area contributed by atoms with Crippen molar-refractivity contribution in [3.63, 3.8) is 0 Å². The monoisotopic (exact) mass is 381 g/mol. The lowest BCUT2D eigenvalue weighted by molar-refractivity contribution is -0.119. The summed E-state index contributed by atoms with van der Waals surface area (Å²) < 4.78 is 0. The maximum absolute atomic E-state index is 12.2. The van der Waals surface area contributed by atoms with Crippen LogP contribution in [0, 0.1) is 13.8 Å². The number of rotatable bonds is 6. The fourth-order valence-electron chi connectivity index (χ4n) is 2.48. The molecule has 2 aromatic rings. The minimum absolute atomic E-state index is 0.00276. The van der Waals surface area contributed by atoms with E-state index in [0.717, 1.165) is 16.9 Å². The number of hydrogen-bond acceptors (Lipinski definition) is 2. The van der Waals surface area contributed by atoms with Gasteiger partial charge in [-0.05, 0) is 49.6 Å². The minimum Gasteiger partial charge on any atom is -0.349 e. The lowest BCUT2D eigenvalue weighted by Gasteiger charge is -2.17. The van der Waals surface area contributed by atoms with Crippen LogP contribution in [0.2, 0.25) is 10.0 Å². The minimum atomic E-state index is 0.00276. The summed E-state index contributed by atoms with van der Waals surface area (Å²) in [4.78, 5) is 12.2. The van der Waals surface area contributed by atoms with E-state index in [2.05, 4.69) is 37.4 Å². The summed E-state index contributed by atoms with van der Waals surface area (Å²) in [7, 11) is 0. The molecule has 2 aromatic carbocycles. The number of halogens is 2. The topological polar surface area (TPSA) is 29.1 Å². The van der Waals surface area contributed by atoms with E-state index in [1.807, 2.05) is 19.1 Å². The Morgan fingerprint density at radius 3 is 2.58 bits per heavy atom. The van der Waals surface area contributed by atoms with Gasteiger partial charge in [-0.25, -0.2) is 0 Å². The molecule has 0 heterocycles. The third-order valence-corrected chi connectivity index (χ3v) is 5.51. The average molecular weight is 382 g/mol. The molecule has 2 rings (SSSR count). The van der Waals surface area contributed by atoms with Gasteiger partial charge in [-0.15, -0.1) is 11.8 Å². The molecule has 1 amide bonds. The third-order valence-electron chi connectivity index (χ3n) is 3.76. The summed E-state index contributed by atoms with van der Waals surface area (Å²) in [5, 5.41) is 4.16. The van der Waals surface area contributed by atoms with E-state index in [1.165, 1.54) is 11.1 Å². The van der Waals surface area contributed by atoms with Crippen molar-refractivity contribution >= 4 is 40.9 Å². The van der Waals surface area contributed by atoms with Gasteiger partial charge in [0.15, 0.2) is 0 Å². The van der Waals surface area contributed by atoms with E-state index in [-0.39, 0.29) is 11.9 Å². The summed E-state index contributed by atoms with van der Waals surface area (Å²) in [6.07, 6.45) is 0. The fourth-order valence-corrected chi connectivity index (χ4v) is 3.59. The zero-order valence-electron chi connectivity index (χ0n) is 14.0. The van der Waals surface area contributed by atoms with Crippen LogP contribution in [0.1, 0.15) is 35.2 Å². The molecule has 1 N–H and O–H groups in total. The molecule has 1 atom stereocenters. The normalized spacial score (nSPS) is 12.0. The lowest BCUT2D eigenvalue weighted by atomic mass is 10.00. The van der Waals surface area contributed by atoms with E-state index >= 15 is 0 Å². The first-order valence-electron chi connectivity index (χ1n) is 7.75. The smallest absolute Gasteiger partial charge is 0.230 e. The first-order valence-corrected chi connectivity index (χ1v) is 9.66. The van der Waals surface area contributed by atoms with Gasteiger partial charge in [0.05, 0.1) is 21.8 Å². The quantitative estimate of drug-likeness (QED) is 0.692. The summed E-state index contributed by atoms with van der Waals surface area (Å²) in [6, 6.07) is 11.9. The van der Waals surface area contributed by atoms with Gasteiger partial charge in [0, 0.05) is 5.75 Å². The molecule has 0 spiro atoms. The van der Waals surface area contributed by atoms with E-state index < -0.39 is 0 Å². The molecule has 0 aliphatic heterocycles. The number of carbonyl (C=O) groups is 1. The van der Waals surface area contributed by atoms with Crippen LogP contribution in [-0.2, 0) is 10.5 Å². The highest BCUT2D eigenvalue weighted by Crippen LogP contribution is 2.25. The SMILES string of the molecule is Cc1ccc(C)c([C@@H](C)NC(=O)CSCc2ccc(Cl)c(Cl)c2)c1. The number of aryl methyl sites for hydroxylation is 2. The Kier molecular flexibility index (Phi) is 7.02. The molecule has 0 radical (unpaired) electrons. The second-order valence-corrected chi connectivity index (χ2v) is 7.69. The maximum Gasteiger partial charge on any atom is 0.230 e. The van der Waals surface area contributed by atoms with Gasteiger partial charge in [0.1, 0.15) is 0 Å². The number of thioether (sulfide) groups is 1. The Hall–Kier alpha value is -1.16. The number of amides is 1. The Morgan fingerprint density at radius 2 is 1.88 bits per heavy atom. The summed E-state index contributed by atoms with van der Waals surface area (Å²) in [6.45, 7) is 6.14.